The maximum Gasteiger partial charge on any atom is 0.102 e. The Morgan fingerprint density at radius 3 is 2.76 bits per heavy atom. The van der Waals surface area contributed by atoms with Crippen molar-refractivity contribution in [3.05, 3.63) is 70.2 Å². The fourth-order valence-electron chi connectivity index (χ4n) is 3.03. The maximum atomic E-state index is 6.41. The molecule has 2 nitrogen and oxygen atoms in total. The van der Waals surface area contributed by atoms with Crippen LogP contribution in [0.4, 0.5) is 0 Å². The molecule has 21 heavy (non-hydrogen) atoms. The molecule has 0 bridgehead atoms. The summed E-state index contributed by atoms with van der Waals surface area (Å²) in [5, 5.41) is 4.33. The molecule has 1 heterocycles. The summed E-state index contributed by atoms with van der Waals surface area (Å²) in [5.74, 6) is 0. The van der Waals surface area contributed by atoms with Crippen LogP contribution in [-0.4, -0.2) is 13.2 Å². The fourth-order valence-corrected chi connectivity index (χ4v) is 3.28. The van der Waals surface area contributed by atoms with Crippen LogP contribution in [0.3, 0.4) is 0 Å². The van der Waals surface area contributed by atoms with Crippen LogP contribution in [0, 0.1) is 0 Å². The summed E-state index contributed by atoms with van der Waals surface area (Å²) in [6.45, 7) is 3.74. The maximum absolute atomic E-state index is 6.41. The smallest absolute Gasteiger partial charge is 0.102 e. The Kier molecular flexibility index (Phi) is 4.59. The zero-order chi connectivity index (χ0) is 14.7. The molecule has 2 atom stereocenters. The topological polar surface area (TPSA) is 21.3 Å². The Balaban J connectivity index is 2.01. The van der Waals surface area contributed by atoms with Crippen LogP contribution in [-0.2, 0) is 11.2 Å². The van der Waals surface area contributed by atoms with Gasteiger partial charge in [-0.15, -0.1) is 0 Å². The lowest BCUT2D eigenvalue weighted by molar-refractivity contribution is 0.0151. The summed E-state index contributed by atoms with van der Waals surface area (Å²) < 4.78 is 6.11. The van der Waals surface area contributed by atoms with Gasteiger partial charge in [-0.25, -0.2) is 0 Å². The third kappa shape index (κ3) is 2.98. The molecular formula is C18H20ClNO. The van der Waals surface area contributed by atoms with Gasteiger partial charge in [0.15, 0.2) is 0 Å². The van der Waals surface area contributed by atoms with Gasteiger partial charge in [-0.3, -0.25) is 0 Å². The predicted octanol–water partition coefficient (Wildman–Crippen LogP) is 4.30. The summed E-state index contributed by atoms with van der Waals surface area (Å²) in [5.41, 5.74) is 3.75. The molecule has 2 aromatic carbocycles. The molecule has 0 radical (unpaired) electrons. The lowest BCUT2D eigenvalue weighted by atomic mass is 9.90. The second-order valence-electron chi connectivity index (χ2n) is 5.30. The van der Waals surface area contributed by atoms with Crippen molar-refractivity contribution in [3.63, 3.8) is 0 Å². The highest BCUT2D eigenvalue weighted by atomic mass is 35.5. The molecule has 2 unspecified atom stereocenters. The monoisotopic (exact) mass is 301 g/mol. The van der Waals surface area contributed by atoms with E-state index in [0.29, 0.717) is 0 Å². The molecule has 0 amide bonds. The Bertz CT molecular complexity index is 614. The predicted molar refractivity (Wildman–Crippen MR) is 86.7 cm³/mol. The highest BCUT2D eigenvalue weighted by molar-refractivity contribution is 6.31. The molecule has 2 aromatic rings. The quantitative estimate of drug-likeness (QED) is 0.909. The van der Waals surface area contributed by atoms with E-state index >= 15 is 0 Å². The van der Waals surface area contributed by atoms with E-state index in [1.165, 1.54) is 11.1 Å². The minimum atomic E-state index is 0.00907. The van der Waals surface area contributed by atoms with E-state index in [1.807, 2.05) is 18.2 Å². The fraction of sp³-hybridized carbons (Fsp3) is 0.333. The molecule has 1 aliphatic rings. The van der Waals surface area contributed by atoms with Gasteiger partial charge in [-0.2, -0.15) is 0 Å². The van der Waals surface area contributed by atoms with Crippen LogP contribution in [0.25, 0.3) is 0 Å². The van der Waals surface area contributed by atoms with Gasteiger partial charge in [-0.05, 0) is 35.7 Å². The summed E-state index contributed by atoms with van der Waals surface area (Å²) in [6, 6.07) is 16.6. The van der Waals surface area contributed by atoms with Crippen LogP contribution in [0.1, 0.15) is 35.8 Å². The van der Waals surface area contributed by atoms with E-state index in [2.05, 4.69) is 42.6 Å². The Labute approximate surface area is 131 Å². The Morgan fingerprint density at radius 2 is 1.95 bits per heavy atom. The third-order valence-corrected chi connectivity index (χ3v) is 4.34. The van der Waals surface area contributed by atoms with Crippen LogP contribution >= 0.6 is 11.6 Å². The van der Waals surface area contributed by atoms with Crippen LogP contribution in [0.2, 0.25) is 5.02 Å². The molecule has 3 heteroatoms. The normalized spacial score (nSPS) is 19.0. The first-order valence-electron chi connectivity index (χ1n) is 7.48. The summed E-state index contributed by atoms with van der Waals surface area (Å²) >= 11 is 6.41. The SMILES string of the molecule is CCNC(c1ccccc1Cl)C1OCCc2ccccc21. The first-order valence-corrected chi connectivity index (χ1v) is 7.86. The third-order valence-electron chi connectivity index (χ3n) is 4.00. The molecule has 0 saturated heterocycles. The number of likely N-dealkylation sites (N-methyl/N-ethyl adjacent to an activating group) is 1. The van der Waals surface area contributed by atoms with E-state index in [1.54, 1.807) is 0 Å². The summed E-state index contributed by atoms with van der Waals surface area (Å²) in [7, 11) is 0. The van der Waals surface area contributed by atoms with Crippen LogP contribution in [0.15, 0.2) is 48.5 Å². The minimum absolute atomic E-state index is 0.00907. The van der Waals surface area contributed by atoms with Gasteiger partial charge in [0.1, 0.15) is 6.10 Å². The van der Waals surface area contributed by atoms with Crippen molar-refractivity contribution in [2.75, 3.05) is 13.2 Å². The number of benzene rings is 2. The van der Waals surface area contributed by atoms with Crippen molar-refractivity contribution in [1.82, 2.24) is 5.32 Å². The van der Waals surface area contributed by atoms with E-state index in [9.17, 15) is 0 Å². The molecule has 0 spiro atoms. The van der Waals surface area contributed by atoms with Crippen molar-refractivity contribution in [2.24, 2.45) is 0 Å². The van der Waals surface area contributed by atoms with E-state index < -0.39 is 0 Å². The zero-order valence-electron chi connectivity index (χ0n) is 12.2. The highest BCUT2D eigenvalue weighted by Crippen LogP contribution is 2.39. The van der Waals surface area contributed by atoms with Crippen molar-refractivity contribution in [3.8, 4) is 0 Å². The van der Waals surface area contributed by atoms with Crippen molar-refractivity contribution in [1.29, 1.82) is 0 Å². The zero-order valence-corrected chi connectivity index (χ0v) is 12.9. The largest absolute Gasteiger partial charge is 0.371 e. The second kappa shape index (κ2) is 6.61. The van der Waals surface area contributed by atoms with Crippen LogP contribution < -0.4 is 5.32 Å². The molecule has 0 fully saturated rings. The Morgan fingerprint density at radius 1 is 1.19 bits per heavy atom. The molecule has 0 aromatic heterocycles. The second-order valence-corrected chi connectivity index (χ2v) is 5.70. The summed E-state index contributed by atoms with van der Waals surface area (Å²) in [4.78, 5) is 0. The lowest BCUT2D eigenvalue weighted by Crippen LogP contribution is -2.31. The lowest BCUT2D eigenvalue weighted by Gasteiger charge is -2.33. The van der Waals surface area contributed by atoms with Gasteiger partial charge in [0, 0.05) is 5.02 Å². The first-order chi connectivity index (χ1) is 10.3. The highest BCUT2D eigenvalue weighted by Gasteiger charge is 2.30. The van der Waals surface area contributed by atoms with Gasteiger partial charge < -0.3 is 10.1 Å². The standard InChI is InChI=1S/C18H20ClNO/c1-2-20-17(15-9-5-6-10-16(15)19)18-14-8-4-3-7-13(14)11-12-21-18/h3-10,17-18,20H,2,11-12H2,1H3. The van der Waals surface area contributed by atoms with Crippen molar-refractivity contribution in [2.45, 2.75) is 25.5 Å². The molecule has 110 valence electrons. The van der Waals surface area contributed by atoms with E-state index in [4.69, 9.17) is 16.3 Å². The number of halogens is 1. The number of hydrogen-bond acceptors (Lipinski definition) is 2. The van der Waals surface area contributed by atoms with Crippen molar-refractivity contribution >= 4 is 11.6 Å². The molecule has 1 N–H and O–H groups in total. The molecule has 0 saturated carbocycles. The van der Waals surface area contributed by atoms with E-state index in [0.717, 1.165) is 30.2 Å². The Hall–Kier alpha value is -1.35. The molecule has 1 aliphatic heterocycles. The van der Waals surface area contributed by atoms with Gasteiger partial charge in [0.25, 0.3) is 0 Å². The van der Waals surface area contributed by atoms with Gasteiger partial charge in [0.2, 0.25) is 0 Å². The van der Waals surface area contributed by atoms with Crippen molar-refractivity contribution < 1.29 is 4.74 Å². The number of hydrogen-bond donors (Lipinski definition) is 1. The first kappa shape index (κ1) is 14.6. The van der Waals surface area contributed by atoms with Gasteiger partial charge in [0.05, 0.1) is 12.6 Å². The number of fused-ring (bicyclic) bond motifs is 1. The number of rotatable bonds is 4. The minimum Gasteiger partial charge on any atom is -0.371 e. The molecule has 3 rings (SSSR count). The number of ether oxygens (including phenoxy) is 1. The molecule has 0 aliphatic carbocycles. The average Bonchev–Trinajstić information content (AvgIpc) is 2.53. The van der Waals surface area contributed by atoms with Gasteiger partial charge >= 0.3 is 0 Å². The number of nitrogens with one attached hydrogen (secondary N) is 1. The molecular weight excluding hydrogens is 282 g/mol. The summed E-state index contributed by atoms with van der Waals surface area (Å²) in [6.07, 6.45) is 0.989. The average molecular weight is 302 g/mol. The van der Waals surface area contributed by atoms with E-state index in [-0.39, 0.29) is 12.1 Å². The van der Waals surface area contributed by atoms with Gasteiger partial charge in [-0.1, -0.05) is 61.0 Å². The van der Waals surface area contributed by atoms with Crippen LogP contribution in [0.5, 0.6) is 0 Å².